The highest BCUT2D eigenvalue weighted by atomic mass is 79.9. The molecule has 1 N–H and O–H groups in total. The quantitative estimate of drug-likeness (QED) is 0.582. The average molecular weight is 411 g/mol. The molecule has 1 aliphatic rings. The van der Waals surface area contributed by atoms with Crippen LogP contribution in [0.15, 0.2) is 40.7 Å². The summed E-state index contributed by atoms with van der Waals surface area (Å²) in [7, 11) is 0. The molecule has 1 aromatic heterocycles. The number of carbonyl (C=O) groups is 1. The molecule has 3 rings (SSSR count). The van der Waals surface area contributed by atoms with E-state index in [4.69, 9.17) is 9.47 Å². The Morgan fingerprint density at radius 3 is 2.92 bits per heavy atom. The highest BCUT2D eigenvalue weighted by molar-refractivity contribution is 9.10. The van der Waals surface area contributed by atoms with Crippen molar-refractivity contribution >= 4 is 39.3 Å². The molecule has 0 atom stereocenters. The largest absolute Gasteiger partial charge is 0.486 e. The van der Waals surface area contributed by atoms with Gasteiger partial charge in [0.05, 0.1) is 11.4 Å². The van der Waals surface area contributed by atoms with Crippen molar-refractivity contribution in [3.63, 3.8) is 0 Å². The molecule has 0 radical (unpaired) electrons. The molecule has 0 aliphatic carbocycles. The number of rotatable bonds is 6. The van der Waals surface area contributed by atoms with E-state index in [1.807, 2.05) is 4.57 Å². The third-order valence-corrected chi connectivity index (χ3v) is 4.78. The lowest BCUT2D eigenvalue weighted by Gasteiger charge is -2.20. The van der Waals surface area contributed by atoms with Gasteiger partial charge in [0.1, 0.15) is 19.5 Å². The Hall–Kier alpha value is -2.00. The topological polar surface area (TPSA) is 78.3 Å². The summed E-state index contributed by atoms with van der Waals surface area (Å²) in [4.78, 5) is 12.2. The number of allylic oxidation sites excluding steroid dienone is 1. The summed E-state index contributed by atoms with van der Waals surface area (Å²) in [5, 5.41) is 11.4. The van der Waals surface area contributed by atoms with Crippen LogP contribution in [0.4, 0.5) is 5.69 Å². The van der Waals surface area contributed by atoms with Crippen molar-refractivity contribution in [2.24, 2.45) is 0 Å². The Labute approximate surface area is 151 Å². The first-order valence-corrected chi connectivity index (χ1v) is 8.95. The predicted molar refractivity (Wildman–Crippen MR) is 94.7 cm³/mol. The van der Waals surface area contributed by atoms with Crippen LogP contribution in [0.1, 0.15) is 0 Å². The van der Waals surface area contributed by atoms with Crippen LogP contribution < -0.4 is 14.8 Å². The summed E-state index contributed by atoms with van der Waals surface area (Å²) in [5.41, 5.74) is 0.636. The first-order chi connectivity index (χ1) is 11.7. The number of hydrogen-bond donors (Lipinski definition) is 1. The maximum atomic E-state index is 12.2. The summed E-state index contributed by atoms with van der Waals surface area (Å²) >= 11 is 4.75. The number of aromatic nitrogens is 3. The van der Waals surface area contributed by atoms with Gasteiger partial charge in [-0.2, -0.15) is 0 Å². The fourth-order valence-corrected chi connectivity index (χ4v) is 3.24. The van der Waals surface area contributed by atoms with E-state index in [1.165, 1.54) is 11.8 Å². The van der Waals surface area contributed by atoms with E-state index in [-0.39, 0.29) is 11.7 Å². The Balaban J connectivity index is 1.62. The summed E-state index contributed by atoms with van der Waals surface area (Å²) in [6, 6.07) is 3.54. The number of fused-ring (bicyclic) bond motifs is 1. The van der Waals surface area contributed by atoms with Gasteiger partial charge in [0, 0.05) is 23.2 Å². The Bertz CT molecular complexity index is 765. The van der Waals surface area contributed by atoms with Gasteiger partial charge >= 0.3 is 0 Å². The van der Waals surface area contributed by atoms with Gasteiger partial charge in [-0.1, -0.05) is 17.8 Å². The van der Waals surface area contributed by atoms with Gasteiger partial charge in [-0.25, -0.2) is 0 Å². The van der Waals surface area contributed by atoms with Crippen molar-refractivity contribution < 1.29 is 14.3 Å². The minimum atomic E-state index is -0.148. The zero-order valence-electron chi connectivity index (χ0n) is 12.7. The molecule has 0 saturated heterocycles. The van der Waals surface area contributed by atoms with E-state index >= 15 is 0 Å². The third-order valence-electron chi connectivity index (χ3n) is 3.14. The Morgan fingerprint density at radius 2 is 2.17 bits per heavy atom. The van der Waals surface area contributed by atoms with Gasteiger partial charge in [0.15, 0.2) is 16.7 Å². The number of ether oxygens (including phenoxy) is 2. The van der Waals surface area contributed by atoms with Gasteiger partial charge in [-0.05, 0) is 15.9 Å². The Kier molecular flexibility index (Phi) is 5.41. The van der Waals surface area contributed by atoms with Crippen molar-refractivity contribution in [1.82, 2.24) is 14.8 Å². The van der Waals surface area contributed by atoms with Crippen molar-refractivity contribution in [3.8, 4) is 11.5 Å². The highest BCUT2D eigenvalue weighted by Gasteiger charge is 2.16. The summed E-state index contributed by atoms with van der Waals surface area (Å²) in [6.07, 6.45) is 3.36. The van der Waals surface area contributed by atoms with Gasteiger partial charge in [-0.15, -0.1) is 16.8 Å². The molecule has 9 heteroatoms. The van der Waals surface area contributed by atoms with E-state index in [9.17, 15) is 4.79 Å². The fourth-order valence-electron chi connectivity index (χ4n) is 2.10. The molecular formula is C15H15BrN4O3S. The molecule has 0 saturated carbocycles. The van der Waals surface area contributed by atoms with Crippen LogP contribution in [0.3, 0.4) is 0 Å². The molecule has 0 bridgehead atoms. The van der Waals surface area contributed by atoms with E-state index in [2.05, 4.69) is 38.0 Å². The van der Waals surface area contributed by atoms with Crippen LogP contribution in [0.25, 0.3) is 0 Å². The number of amides is 1. The van der Waals surface area contributed by atoms with Crippen molar-refractivity contribution in [1.29, 1.82) is 0 Å². The average Bonchev–Trinajstić information content (AvgIpc) is 3.01. The summed E-state index contributed by atoms with van der Waals surface area (Å²) < 4.78 is 13.6. The minimum Gasteiger partial charge on any atom is -0.486 e. The summed E-state index contributed by atoms with van der Waals surface area (Å²) in [5.74, 6) is 1.36. The molecule has 24 heavy (non-hydrogen) atoms. The molecule has 1 aromatic carbocycles. The molecule has 1 aliphatic heterocycles. The normalized spacial score (nSPS) is 12.7. The first kappa shape index (κ1) is 16.8. The molecule has 0 fully saturated rings. The van der Waals surface area contributed by atoms with Crippen LogP contribution in [-0.2, 0) is 11.3 Å². The molecule has 7 nitrogen and oxygen atoms in total. The van der Waals surface area contributed by atoms with E-state index in [1.54, 1.807) is 24.5 Å². The number of carbonyl (C=O) groups excluding carboxylic acids is 1. The molecular weight excluding hydrogens is 396 g/mol. The number of thioether (sulfide) groups is 1. The van der Waals surface area contributed by atoms with Crippen LogP contribution in [0.5, 0.6) is 11.5 Å². The molecule has 126 valence electrons. The second kappa shape index (κ2) is 7.71. The van der Waals surface area contributed by atoms with Gasteiger partial charge in [0.25, 0.3) is 0 Å². The van der Waals surface area contributed by atoms with Gasteiger partial charge in [0.2, 0.25) is 5.91 Å². The highest BCUT2D eigenvalue weighted by Crippen LogP contribution is 2.38. The second-order valence-corrected chi connectivity index (χ2v) is 6.66. The van der Waals surface area contributed by atoms with Crippen LogP contribution in [0, 0.1) is 0 Å². The lowest BCUT2D eigenvalue weighted by Crippen LogP contribution is -2.17. The third kappa shape index (κ3) is 3.90. The van der Waals surface area contributed by atoms with Crippen LogP contribution in [-0.4, -0.2) is 39.6 Å². The lowest BCUT2D eigenvalue weighted by atomic mass is 10.2. The van der Waals surface area contributed by atoms with Gasteiger partial charge in [-0.3, -0.25) is 4.79 Å². The van der Waals surface area contributed by atoms with Crippen LogP contribution >= 0.6 is 27.7 Å². The first-order valence-electron chi connectivity index (χ1n) is 7.18. The molecule has 0 unspecified atom stereocenters. The van der Waals surface area contributed by atoms with Crippen LogP contribution in [0.2, 0.25) is 0 Å². The minimum absolute atomic E-state index is 0.148. The predicted octanol–water partition coefficient (Wildman–Crippen LogP) is 2.73. The lowest BCUT2D eigenvalue weighted by molar-refractivity contribution is -0.113. The number of anilines is 1. The monoisotopic (exact) mass is 410 g/mol. The maximum Gasteiger partial charge on any atom is 0.234 e. The smallest absolute Gasteiger partial charge is 0.234 e. The number of nitrogens with one attached hydrogen (secondary N) is 1. The Morgan fingerprint density at radius 1 is 1.42 bits per heavy atom. The fraction of sp³-hybridized carbons (Fsp3) is 0.267. The number of nitrogens with zero attached hydrogens (tertiary/aromatic N) is 3. The second-order valence-electron chi connectivity index (χ2n) is 4.87. The molecule has 2 heterocycles. The van der Waals surface area contributed by atoms with Crippen molar-refractivity contribution in [2.45, 2.75) is 11.7 Å². The van der Waals surface area contributed by atoms with E-state index < -0.39 is 0 Å². The molecule has 2 aromatic rings. The van der Waals surface area contributed by atoms with E-state index in [0.29, 0.717) is 42.1 Å². The standard InChI is InChI=1S/C15H15BrN4O3S/c1-2-3-20-9-17-19-15(20)24-8-14(21)18-11-7-13-12(6-10(11)16)22-4-5-23-13/h2,6-7,9H,1,3-5,8H2,(H,18,21). The number of halogens is 1. The molecule has 1 amide bonds. The maximum absolute atomic E-state index is 12.2. The SMILES string of the molecule is C=CCn1cnnc1SCC(=O)Nc1cc2c(cc1Br)OCCO2. The summed E-state index contributed by atoms with van der Waals surface area (Å²) in [6.45, 7) is 5.30. The number of benzene rings is 1. The van der Waals surface area contributed by atoms with Crippen molar-refractivity contribution in [2.75, 3.05) is 24.3 Å². The van der Waals surface area contributed by atoms with E-state index in [0.717, 1.165) is 4.47 Å². The van der Waals surface area contributed by atoms with Gasteiger partial charge < -0.3 is 19.4 Å². The zero-order chi connectivity index (χ0) is 16.9. The van der Waals surface area contributed by atoms with Crippen molar-refractivity contribution in [3.05, 3.63) is 35.6 Å². The zero-order valence-corrected chi connectivity index (χ0v) is 15.1. The molecule has 0 spiro atoms. The number of hydrogen-bond acceptors (Lipinski definition) is 6.